The van der Waals surface area contributed by atoms with Crippen LogP contribution in [0.3, 0.4) is 0 Å². The molecule has 2 aromatic rings. The first-order valence-electron chi connectivity index (χ1n) is 8.84. The molecule has 2 amide bonds. The number of nitro benzene ring substituents is 1. The smallest absolute Gasteiger partial charge is 0.418 e. The van der Waals surface area contributed by atoms with Gasteiger partial charge in [-0.05, 0) is 24.3 Å². The summed E-state index contributed by atoms with van der Waals surface area (Å²) in [5.41, 5.74) is -2.32. The highest BCUT2D eigenvalue weighted by atomic mass is 32.2. The van der Waals surface area contributed by atoms with E-state index in [1.165, 1.54) is 13.1 Å². The summed E-state index contributed by atoms with van der Waals surface area (Å²) >= 11 is 0. The van der Waals surface area contributed by atoms with Crippen molar-refractivity contribution in [3.8, 4) is 5.75 Å². The Balaban J connectivity index is 2.03. The third-order valence-corrected chi connectivity index (χ3v) is 5.03. The molecule has 178 valence electrons. The van der Waals surface area contributed by atoms with E-state index in [1.54, 1.807) is 0 Å². The number of nitro groups is 1. The third-order valence-electron chi connectivity index (χ3n) is 4.12. The van der Waals surface area contributed by atoms with Gasteiger partial charge < -0.3 is 15.0 Å². The number of alkyl halides is 3. The summed E-state index contributed by atoms with van der Waals surface area (Å²) in [6, 6.07) is 6.82. The van der Waals surface area contributed by atoms with E-state index in [1.807, 2.05) is 0 Å². The van der Waals surface area contributed by atoms with Crippen molar-refractivity contribution in [2.24, 2.45) is 5.14 Å². The van der Waals surface area contributed by atoms with Gasteiger partial charge in [-0.15, -0.1) is 0 Å². The monoisotopic (exact) mass is 490 g/mol. The Morgan fingerprint density at radius 2 is 1.85 bits per heavy atom. The van der Waals surface area contributed by atoms with Gasteiger partial charge in [0.15, 0.2) is 12.4 Å². The number of likely N-dealkylation sites (N-methyl/N-ethyl adjacent to an activating group) is 1. The zero-order chi connectivity index (χ0) is 25.0. The Kier molecular flexibility index (Phi) is 7.60. The van der Waals surface area contributed by atoms with Crippen molar-refractivity contribution in [3.05, 3.63) is 58.1 Å². The number of amides is 2. The van der Waals surface area contributed by atoms with Crippen molar-refractivity contribution in [2.75, 3.05) is 25.5 Å². The molecule has 0 spiro atoms. The van der Waals surface area contributed by atoms with E-state index >= 15 is 0 Å². The Morgan fingerprint density at radius 3 is 2.42 bits per heavy atom. The van der Waals surface area contributed by atoms with Crippen molar-refractivity contribution in [1.82, 2.24) is 4.90 Å². The zero-order valence-electron chi connectivity index (χ0n) is 16.8. The normalized spacial score (nSPS) is 11.5. The number of nitrogens with one attached hydrogen (secondary N) is 1. The fraction of sp³-hybridized carbons (Fsp3) is 0.222. The maximum Gasteiger partial charge on any atom is 0.418 e. The topological polar surface area (TPSA) is 162 Å². The molecular weight excluding hydrogens is 473 g/mol. The molecule has 2 aromatic carbocycles. The number of para-hydroxylation sites is 1. The summed E-state index contributed by atoms with van der Waals surface area (Å²) in [5, 5.41) is 18.1. The molecule has 0 saturated carbocycles. The van der Waals surface area contributed by atoms with Crippen molar-refractivity contribution in [3.63, 3.8) is 0 Å². The fourth-order valence-corrected chi connectivity index (χ4v) is 3.05. The first kappa shape index (κ1) is 25.5. The fourth-order valence-electron chi connectivity index (χ4n) is 2.52. The van der Waals surface area contributed by atoms with Crippen LogP contribution >= 0.6 is 0 Å². The minimum Gasteiger partial charge on any atom is -0.477 e. The minimum absolute atomic E-state index is 0.433. The van der Waals surface area contributed by atoms with Crippen LogP contribution in [0, 0.1) is 10.1 Å². The van der Waals surface area contributed by atoms with E-state index in [-0.39, 0.29) is 0 Å². The zero-order valence-corrected chi connectivity index (χ0v) is 17.6. The number of carbonyl (C=O) groups excluding carboxylic acids is 2. The van der Waals surface area contributed by atoms with Gasteiger partial charge in [0.25, 0.3) is 5.91 Å². The number of sulfonamides is 1. The van der Waals surface area contributed by atoms with Crippen LogP contribution in [-0.2, 0) is 25.8 Å². The summed E-state index contributed by atoms with van der Waals surface area (Å²) in [6.07, 6.45) is -4.70. The molecule has 0 atom stereocenters. The van der Waals surface area contributed by atoms with Crippen molar-refractivity contribution < 1.29 is 40.8 Å². The summed E-state index contributed by atoms with van der Waals surface area (Å²) < 4.78 is 66.8. The molecule has 0 aromatic heterocycles. The number of ether oxygens (including phenoxy) is 1. The Bertz CT molecular complexity index is 1190. The first-order chi connectivity index (χ1) is 15.2. The minimum atomic E-state index is -4.70. The summed E-state index contributed by atoms with van der Waals surface area (Å²) in [6.45, 7) is -1.42. The molecule has 0 radical (unpaired) electrons. The quantitative estimate of drug-likeness (QED) is 0.421. The lowest BCUT2D eigenvalue weighted by atomic mass is 10.1. The van der Waals surface area contributed by atoms with Gasteiger partial charge in [-0.1, -0.05) is 12.1 Å². The van der Waals surface area contributed by atoms with Crippen molar-refractivity contribution in [2.45, 2.75) is 11.1 Å². The number of rotatable bonds is 8. The van der Waals surface area contributed by atoms with Crippen LogP contribution in [0.15, 0.2) is 47.4 Å². The number of hydrogen-bond acceptors (Lipinski definition) is 7. The number of benzene rings is 2. The predicted octanol–water partition coefficient (Wildman–Crippen LogP) is 1.74. The first-order valence-corrected chi connectivity index (χ1v) is 10.4. The van der Waals surface area contributed by atoms with Gasteiger partial charge in [-0.3, -0.25) is 19.7 Å². The molecule has 3 N–H and O–H groups in total. The molecule has 0 aliphatic heterocycles. The highest BCUT2D eigenvalue weighted by molar-refractivity contribution is 7.89. The van der Waals surface area contributed by atoms with Gasteiger partial charge in [0.1, 0.15) is 0 Å². The Morgan fingerprint density at radius 1 is 1.21 bits per heavy atom. The van der Waals surface area contributed by atoms with Gasteiger partial charge in [0.2, 0.25) is 15.9 Å². The van der Waals surface area contributed by atoms with Gasteiger partial charge in [-0.2, -0.15) is 13.2 Å². The van der Waals surface area contributed by atoms with Crippen LogP contribution in [0.4, 0.5) is 24.5 Å². The molecule has 0 aliphatic carbocycles. The maximum absolute atomic E-state index is 13.0. The van der Waals surface area contributed by atoms with E-state index in [9.17, 15) is 41.3 Å². The number of primary sulfonamides is 1. The SMILES string of the molecule is CN(CC(=O)Nc1ccccc1C(F)(F)F)C(=O)COc1ccc(S(N)(=O)=O)cc1[N+](=O)[O-]. The predicted molar refractivity (Wildman–Crippen MR) is 108 cm³/mol. The van der Waals surface area contributed by atoms with Crippen LogP contribution in [-0.4, -0.2) is 50.3 Å². The average Bonchev–Trinajstić information content (AvgIpc) is 2.70. The highest BCUT2D eigenvalue weighted by Gasteiger charge is 2.33. The number of nitrogens with two attached hydrogens (primary N) is 1. The van der Waals surface area contributed by atoms with E-state index in [2.05, 4.69) is 5.32 Å². The van der Waals surface area contributed by atoms with E-state index in [4.69, 9.17) is 9.88 Å². The molecule has 0 bridgehead atoms. The largest absolute Gasteiger partial charge is 0.477 e. The van der Waals surface area contributed by atoms with E-state index in [0.29, 0.717) is 6.07 Å². The lowest BCUT2D eigenvalue weighted by Crippen LogP contribution is -2.37. The molecule has 15 heteroatoms. The molecule has 0 unspecified atom stereocenters. The van der Waals surface area contributed by atoms with Gasteiger partial charge in [0.05, 0.1) is 27.6 Å². The average molecular weight is 490 g/mol. The van der Waals surface area contributed by atoms with Crippen LogP contribution in [0.2, 0.25) is 0 Å². The third kappa shape index (κ3) is 6.88. The van der Waals surface area contributed by atoms with E-state index in [0.717, 1.165) is 35.2 Å². The lowest BCUT2D eigenvalue weighted by Gasteiger charge is -2.18. The molecule has 2 rings (SSSR count). The van der Waals surface area contributed by atoms with Crippen molar-refractivity contribution in [1.29, 1.82) is 0 Å². The molecular formula is C18H17F3N4O7S. The number of nitrogens with zero attached hydrogens (tertiary/aromatic N) is 2. The Hall–Kier alpha value is -3.72. The summed E-state index contributed by atoms with van der Waals surface area (Å²) in [4.78, 5) is 34.8. The lowest BCUT2D eigenvalue weighted by molar-refractivity contribution is -0.386. The standard InChI is InChI=1S/C18H17F3N4O7S/c1-24(9-16(26)23-13-5-3-2-4-12(13)18(19,20)21)17(27)10-32-15-7-6-11(33(22,30)31)8-14(15)25(28)29/h2-8H,9-10H2,1H3,(H,23,26)(H2,22,30,31). The highest BCUT2D eigenvalue weighted by Crippen LogP contribution is 2.34. The second-order valence-corrected chi connectivity index (χ2v) is 8.12. The second-order valence-electron chi connectivity index (χ2n) is 6.56. The van der Waals surface area contributed by atoms with Gasteiger partial charge >= 0.3 is 11.9 Å². The molecule has 0 aliphatic rings. The summed E-state index contributed by atoms with van der Waals surface area (Å²) in [5.74, 6) is -2.19. The second kappa shape index (κ2) is 9.83. The number of carbonyl (C=O) groups is 2. The van der Waals surface area contributed by atoms with Gasteiger partial charge in [0, 0.05) is 13.1 Å². The molecule has 11 nitrogen and oxygen atoms in total. The molecule has 33 heavy (non-hydrogen) atoms. The summed E-state index contributed by atoms with van der Waals surface area (Å²) in [7, 11) is -3.06. The molecule has 0 fully saturated rings. The van der Waals surface area contributed by atoms with Gasteiger partial charge in [-0.25, -0.2) is 13.6 Å². The molecule has 0 saturated heterocycles. The maximum atomic E-state index is 13.0. The van der Waals surface area contributed by atoms with Crippen LogP contribution < -0.4 is 15.2 Å². The van der Waals surface area contributed by atoms with Crippen molar-refractivity contribution >= 4 is 33.2 Å². The van der Waals surface area contributed by atoms with Crippen LogP contribution in [0.5, 0.6) is 5.75 Å². The van der Waals surface area contributed by atoms with E-state index < -0.39 is 73.7 Å². The number of anilines is 1. The molecule has 0 heterocycles. The number of halogens is 3. The Labute approximate surface area is 185 Å². The van der Waals surface area contributed by atoms with Crippen LogP contribution in [0.1, 0.15) is 5.56 Å². The van der Waals surface area contributed by atoms with Crippen LogP contribution in [0.25, 0.3) is 0 Å². The number of hydrogen-bond donors (Lipinski definition) is 2.